The van der Waals surface area contributed by atoms with Crippen LogP contribution in [-0.2, 0) is 4.79 Å². The van der Waals surface area contributed by atoms with Crippen LogP contribution in [-0.4, -0.2) is 36.9 Å². The maximum atomic E-state index is 11.5. The Labute approximate surface area is 120 Å². The monoisotopic (exact) mass is 283 g/mol. The standard InChI is InChI=1S/C15H22ClNO2/c1-11-9-12(2)13(3)14(10-11)19-8-7-17(4)15(18)5-6-16/h9-10H,5-8H2,1-4H3. The average molecular weight is 284 g/mol. The molecule has 0 aromatic heterocycles. The summed E-state index contributed by atoms with van der Waals surface area (Å²) in [7, 11) is 1.77. The van der Waals surface area contributed by atoms with Gasteiger partial charge in [-0.2, -0.15) is 0 Å². The van der Waals surface area contributed by atoms with Crippen molar-refractivity contribution in [2.24, 2.45) is 0 Å². The van der Waals surface area contributed by atoms with Crippen molar-refractivity contribution in [2.75, 3.05) is 26.1 Å². The molecular formula is C15H22ClNO2. The number of hydrogen-bond donors (Lipinski definition) is 0. The molecule has 1 amide bonds. The smallest absolute Gasteiger partial charge is 0.223 e. The van der Waals surface area contributed by atoms with E-state index in [1.54, 1.807) is 11.9 Å². The number of alkyl halides is 1. The minimum Gasteiger partial charge on any atom is -0.491 e. The highest BCUT2D eigenvalue weighted by atomic mass is 35.5. The second-order valence-electron chi connectivity index (χ2n) is 4.81. The Kier molecular flexibility index (Phi) is 6.16. The summed E-state index contributed by atoms with van der Waals surface area (Å²) in [5.41, 5.74) is 3.56. The molecule has 0 saturated carbocycles. The molecule has 0 aliphatic heterocycles. The number of likely N-dealkylation sites (N-methyl/N-ethyl adjacent to an activating group) is 1. The van der Waals surface area contributed by atoms with Gasteiger partial charge < -0.3 is 9.64 Å². The third kappa shape index (κ3) is 4.75. The SMILES string of the molecule is Cc1cc(C)c(C)c(OCCN(C)C(=O)CCCl)c1. The Bertz CT molecular complexity index is 446. The van der Waals surface area contributed by atoms with Gasteiger partial charge in [0.1, 0.15) is 12.4 Å². The van der Waals surface area contributed by atoms with E-state index in [-0.39, 0.29) is 5.91 Å². The second-order valence-corrected chi connectivity index (χ2v) is 5.19. The number of hydrogen-bond acceptors (Lipinski definition) is 2. The van der Waals surface area contributed by atoms with Crippen molar-refractivity contribution in [3.63, 3.8) is 0 Å². The third-order valence-electron chi connectivity index (χ3n) is 3.18. The maximum Gasteiger partial charge on any atom is 0.223 e. The molecule has 0 unspecified atom stereocenters. The molecule has 1 aromatic rings. The summed E-state index contributed by atoms with van der Waals surface area (Å²) in [4.78, 5) is 13.2. The van der Waals surface area contributed by atoms with E-state index in [1.165, 1.54) is 11.1 Å². The Morgan fingerprint density at radius 3 is 2.63 bits per heavy atom. The molecule has 0 N–H and O–H groups in total. The molecular weight excluding hydrogens is 262 g/mol. The van der Waals surface area contributed by atoms with Gasteiger partial charge in [0.25, 0.3) is 0 Å². The summed E-state index contributed by atoms with van der Waals surface area (Å²) in [6.07, 6.45) is 0.376. The molecule has 1 rings (SSSR count). The highest BCUT2D eigenvalue weighted by Crippen LogP contribution is 2.23. The summed E-state index contributed by atoms with van der Waals surface area (Å²) >= 11 is 5.55. The van der Waals surface area contributed by atoms with Crippen molar-refractivity contribution in [1.29, 1.82) is 0 Å². The van der Waals surface area contributed by atoms with E-state index in [1.807, 2.05) is 13.0 Å². The first-order valence-electron chi connectivity index (χ1n) is 6.46. The molecule has 3 nitrogen and oxygen atoms in total. The van der Waals surface area contributed by atoms with Crippen LogP contribution in [0.5, 0.6) is 5.75 Å². The zero-order chi connectivity index (χ0) is 14.4. The van der Waals surface area contributed by atoms with Crippen LogP contribution < -0.4 is 4.74 Å². The van der Waals surface area contributed by atoms with Crippen LogP contribution >= 0.6 is 11.6 Å². The lowest BCUT2D eigenvalue weighted by atomic mass is 10.1. The summed E-state index contributed by atoms with van der Waals surface area (Å²) in [5, 5.41) is 0. The minimum absolute atomic E-state index is 0.0516. The number of carbonyl (C=O) groups excluding carboxylic acids is 1. The van der Waals surface area contributed by atoms with Crippen LogP contribution in [0, 0.1) is 20.8 Å². The average Bonchev–Trinajstić information content (AvgIpc) is 2.35. The Hall–Kier alpha value is -1.22. The largest absolute Gasteiger partial charge is 0.491 e. The highest BCUT2D eigenvalue weighted by Gasteiger charge is 2.08. The predicted octanol–water partition coefficient (Wildman–Crippen LogP) is 3.08. The Morgan fingerprint density at radius 2 is 2.00 bits per heavy atom. The van der Waals surface area contributed by atoms with E-state index in [0.29, 0.717) is 25.5 Å². The molecule has 0 atom stereocenters. The van der Waals surface area contributed by atoms with Gasteiger partial charge in [-0.15, -0.1) is 11.6 Å². The first kappa shape index (κ1) is 15.8. The van der Waals surface area contributed by atoms with E-state index in [0.717, 1.165) is 11.3 Å². The number of ether oxygens (including phenoxy) is 1. The van der Waals surface area contributed by atoms with E-state index < -0.39 is 0 Å². The molecule has 0 saturated heterocycles. The Morgan fingerprint density at radius 1 is 1.32 bits per heavy atom. The summed E-state index contributed by atoms with van der Waals surface area (Å²) < 4.78 is 5.77. The number of rotatable bonds is 6. The van der Waals surface area contributed by atoms with Crippen LogP contribution in [0.25, 0.3) is 0 Å². The van der Waals surface area contributed by atoms with Crippen molar-refractivity contribution in [1.82, 2.24) is 4.90 Å². The van der Waals surface area contributed by atoms with Crippen molar-refractivity contribution in [3.8, 4) is 5.75 Å². The van der Waals surface area contributed by atoms with Gasteiger partial charge in [0.05, 0.1) is 6.54 Å². The van der Waals surface area contributed by atoms with Crippen molar-refractivity contribution in [2.45, 2.75) is 27.2 Å². The third-order valence-corrected chi connectivity index (χ3v) is 3.37. The van der Waals surface area contributed by atoms with Crippen molar-refractivity contribution in [3.05, 3.63) is 28.8 Å². The molecule has 1 aromatic carbocycles. The van der Waals surface area contributed by atoms with Crippen LogP contribution in [0.15, 0.2) is 12.1 Å². The molecule has 0 heterocycles. The molecule has 19 heavy (non-hydrogen) atoms. The summed E-state index contributed by atoms with van der Waals surface area (Å²) in [6, 6.07) is 4.17. The van der Waals surface area contributed by atoms with E-state index >= 15 is 0 Å². The molecule has 0 aliphatic rings. The number of aryl methyl sites for hydroxylation is 2. The highest BCUT2D eigenvalue weighted by molar-refractivity contribution is 6.18. The lowest BCUT2D eigenvalue weighted by Gasteiger charge is -2.18. The predicted molar refractivity (Wildman–Crippen MR) is 79.1 cm³/mol. The molecule has 0 spiro atoms. The van der Waals surface area contributed by atoms with Gasteiger partial charge in [0.2, 0.25) is 5.91 Å². The molecule has 4 heteroatoms. The molecule has 0 aliphatic carbocycles. The first-order valence-corrected chi connectivity index (χ1v) is 6.99. The van der Waals surface area contributed by atoms with Gasteiger partial charge in [-0.3, -0.25) is 4.79 Å². The van der Waals surface area contributed by atoms with Crippen LogP contribution in [0.3, 0.4) is 0 Å². The first-order chi connectivity index (χ1) is 8.95. The topological polar surface area (TPSA) is 29.5 Å². The van der Waals surface area contributed by atoms with Crippen LogP contribution in [0.2, 0.25) is 0 Å². The molecule has 0 fully saturated rings. The van der Waals surface area contributed by atoms with E-state index in [9.17, 15) is 4.79 Å². The van der Waals surface area contributed by atoms with E-state index in [4.69, 9.17) is 16.3 Å². The number of amides is 1. The number of carbonyl (C=O) groups is 1. The fourth-order valence-electron chi connectivity index (χ4n) is 1.84. The van der Waals surface area contributed by atoms with Gasteiger partial charge >= 0.3 is 0 Å². The number of halogens is 1. The molecule has 106 valence electrons. The fraction of sp³-hybridized carbons (Fsp3) is 0.533. The zero-order valence-electron chi connectivity index (χ0n) is 12.1. The van der Waals surface area contributed by atoms with Gasteiger partial charge in [-0.25, -0.2) is 0 Å². The van der Waals surface area contributed by atoms with Gasteiger partial charge in [0, 0.05) is 19.3 Å². The van der Waals surface area contributed by atoms with Gasteiger partial charge in [-0.1, -0.05) is 6.07 Å². The van der Waals surface area contributed by atoms with Crippen LogP contribution in [0.1, 0.15) is 23.1 Å². The summed E-state index contributed by atoms with van der Waals surface area (Å²) in [6.45, 7) is 7.24. The summed E-state index contributed by atoms with van der Waals surface area (Å²) in [5.74, 6) is 1.31. The molecule has 0 bridgehead atoms. The quantitative estimate of drug-likeness (QED) is 0.751. The van der Waals surface area contributed by atoms with Gasteiger partial charge in [0.15, 0.2) is 0 Å². The lowest BCUT2D eigenvalue weighted by Crippen LogP contribution is -2.31. The molecule has 0 radical (unpaired) electrons. The van der Waals surface area contributed by atoms with Crippen molar-refractivity contribution >= 4 is 17.5 Å². The normalized spacial score (nSPS) is 10.4. The van der Waals surface area contributed by atoms with E-state index in [2.05, 4.69) is 19.9 Å². The second kappa shape index (κ2) is 7.39. The van der Waals surface area contributed by atoms with Crippen LogP contribution in [0.4, 0.5) is 0 Å². The zero-order valence-corrected chi connectivity index (χ0v) is 12.9. The number of benzene rings is 1. The minimum atomic E-state index is 0.0516. The van der Waals surface area contributed by atoms with Crippen molar-refractivity contribution < 1.29 is 9.53 Å². The maximum absolute atomic E-state index is 11.5. The number of nitrogens with zero attached hydrogens (tertiary/aromatic N) is 1. The Balaban J connectivity index is 2.52. The lowest BCUT2D eigenvalue weighted by molar-refractivity contribution is -0.129. The fourth-order valence-corrected chi connectivity index (χ4v) is 2.00. The van der Waals surface area contributed by atoms with Gasteiger partial charge in [-0.05, 0) is 43.5 Å².